The van der Waals surface area contributed by atoms with Gasteiger partial charge in [-0.25, -0.2) is 4.39 Å². The van der Waals surface area contributed by atoms with Crippen molar-refractivity contribution in [2.24, 2.45) is 0 Å². The maximum Gasteiger partial charge on any atom is 0.257 e. The topological polar surface area (TPSA) is 69.6 Å². The van der Waals surface area contributed by atoms with Crippen LogP contribution >= 0.6 is 0 Å². The second-order valence-corrected chi connectivity index (χ2v) is 7.02. The molecule has 2 amide bonds. The van der Waals surface area contributed by atoms with E-state index in [1.54, 1.807) is 24.3 Å². The number of anilines is 1. The Morgan fingerprint density at radius 2 is 1.70 bits per heavy atom. The van der Waals surface area contributed by atoms with Gasteiger partial charge in [-0.2, -0.15) is 0 Å². The Hall–Kier alpha value is -3.67. The number of hydrogen-bond donors (Lipinski definition) is 2. The summed E-state index contributed by atoms with van der Waals surface area (Å²) >= 11 is 0. The summed E-state index contributed by atoms with van der Waals surface area (Å²) in [5.74, 6) is -1.48. The van der Waals surface area contributed by atoms with Crippen LogP contribution in [0.25, 0.3) is 0 Å². The highest BCUT2D eigenvalue weighted by atomic mass is 19.1. The maximum absolute atomic E-state index is 14.6. The van der Waals surface area contributed by atoms with E-state index in [9.17, 15) is 19.1 Å². The number of nitrogens with zero attached hydrogens (tertiary/aromatic N) is 1. The zero-order chi connectivity index (χ0) is 21.7. The minimum atomic E-state index is -0.684. The van der Waals surface area contributed by atoms with Gasteiger partial charge in [0.2, 0.25) is 5.91 Å². The quantitative estimate of drug-likeness (QED) is 0.612. The number of carbonyl (C=O) groups excluding carboxylic acids is 2. The first-order valence-electron chi connectivity index (χ1n) is 9.56. The van der Waals surface area contributed by atoms with E-state index in [0.717, 1.165) is 11.6 Å². The van der Waals surface area contributed by atoms with Gasteiger partial charge < -0.3 is 15.3 Å². The van der Waals surface area contributed by atoms with Crippen LogP contribution in [0, 0.1) is 5.82 Å². The molecule has 0 fully saturated rings. The molecule has 0 unspecified atom stereocenters. The summed E-state index contributed by atoms with van der Waals surface area (Å²) < 4.78 is 14.6. The van der Waals surface area contributed by atoms with Crippen molar-refractivity contribution >= 4 is 17.5 Å². The fourth-order valence-corrected chi connectivity index (χ4v) is 3.25. The van der Waals surface area contributed by atoms with E-state index in [4.69, 9.17) is 0 Å². The van der Waals surface area contributed by atoms with Gasteiger partial charge in [0.15, 0.2) is 0 Å². The van der Waals surface area contributed by atoms with Crippen LogP contribution in [0.2, 0.25) is 0 Å². The Labute approximate surface area is 174 Å². The molecular formula is C24H23FN2O3. The third-order valence-electron chi connectivity index (χ3n) is 4.86. The van der Waals surface area contributed by atoms with Gasteiger partial charge in [0.05, 0.1) is 18.2 Å². The SMILES string of the molecule is CC(=O)Nc1ccc(F)c(C(=O)N(Cc2ccccc2O)[C@@H](C)c2ccccc2)c1. The van der Waals surface area contributed by atoms with Gasteiger partial charge in [0.1, 0.15) is 11.6 Å². The number of amides is 2. The molecule has 0 saturated carbocycles. The molecule has 0 aromatic heterocycles. The molecule has 3 aromatic carbocycles. The lowest BCUT2D eigenvalue weighted by Crippen LogP contribution is -2.34. The number of para-hydroxylation sites is 1. The zero-order valence-electron chi connectivity index (χ0n) is 16.8. The van der Waals surface area contributed by atoms with Crippen LogP contribution in [0.15, 0.2) is 72.8 Å². The smallest absolute Gasteiger partial charge is 0.257 e. The van der Waals surface area contributed by atoms with Crippen molar-refractivity contribution in [3.05, 3.63) is 95.3 Å². The Morgan fingerprint density at radius 1 is 1.03 bits per heavy atom. The van der Waals surface area contributed by atoms with Crippen molar-refractivity contribution < 1.29 is 19.1 Å². The van der Waals surface area contributed by atoms with Crippen molar-refractivity contribution in [1.82, 2.24) is 4.90 Å². The molecule has 6 heteroatoms. The van der Waals surface area contributed by atoms with Gasteiger partial charge in [0, 0.05) is 18.2 Å². The Bertz CT molecular complexity index is 1050. The van der Waals surface area contributed by atoms with Crippen molar-refractivity contribution in [2.45, 2.75) is 26.4 Å². The summed E-state index contributed by atoms with van der Waals surface area (Å²) in [6, 6.07) is 19.6. The molecule has 0 aliphatic rings. The van der Waals surface area contributed by atoms with E-state index >= 15 is 0 Å². The van der Waals surface area contributed by atoms with Crippen molar-refractivity contribution in [3.8, 4) is 5.75 Å². The molecule has 0 heterocycles. The van der Waals surface area contributed by atoms with Crippen LogP contribution in [-0.4, -0.2) is 21.8 Å². The molecule has 0 bridgehead atoms. The molecule has 3 aromatic rings. The highest BCUT2D eigenvalue weighted by molar-refractivity contribution is 5.97. The van der Waals surface area contributed by atoms with Crippen LogP contribution in [0.5, 0.6) is 5.75 Å². The fraction of sp³-hybridized carbons (Fsp3) is 0.167. The Kier molecular flexibility index (Phi) is 6.47. The standard InChI is InChI=1S/C24H23FN2O3/c1-16(18-8-4-3-5-9-18)27(15-19-10-6-7-11-23(19)29)24(30)21-14-20(26-17(2)28)12-13-22(21)25/h3-14,16,29H,15H2,1-2H3,(H,26,28)/t16-/m0/s1. The first kappa shape index (κ1) is 21.0. The number of phenolic OH excluding ortho intramolecular Hbond substituents is 1. The molecule has 0 aliphatic carbocycles. The van der Waals surface area contributed by atoms with E-state index in [1.807, 2.05) is 37.3 Å². The molecule has 5 nitrogen and oxygen atoms in total. The lowest BCUT2D eigenvalue weighted by molar-refractivity contribution is -0.114. The predicted molar refractivity (Wildman–Crippen MR) is 114 cm³/mol. The highest BCUT2D eigenvalue weighted by Crippen LogP contribution is 2.28. The average Bonchev–Trinajstić information content (AvgIpc) is 2.74. The molecular weight excluding hydrogens is 383 g/mol. The van der Waals surface area contributed by atoms with Crippen LogP contribution in [0.4, 0.5) is 10.1 Å². The van der Waals surface area contributed by atoms with E-state index in [0.29, 0.717) is 11.3 Å². The van der Waals surface area contributed by atoms with E-state index in [2.05, 4.69) is 5.32 Å². The minimum absolute atomic E-state index is 0.0584. The van der Waals surface area contributed by atoms with E-state index in [1.165, 1.54) is 24.0 Å². The molecule has 0 saturated heterocycles. The van der Waals surface area contributed by atoms with Crippen LogP contribution in [0.3, 0.4) is 0 Å². The van der Waals surface area contributed by atoms with Crippen LogP contribution in [0.1, 0.15) is 41.4 Å². The van der Waals surface area contributed by atoms with Gasteiger partial charge in [-0.05, 0) is 36.8 Å². The number of hydrogen-bond acceptors (Lipinski definition) is 3. The number of halogens is 1. The average molecular weight is 406 g/mol. The number of aromatic hydroxyl groups is 1. The zero-order valence-corrected chi connectivity index (χ0v) is 16.8. The van der Waals surface area contributed by atoms with Gasteiger partial charge in [-0.3, -0.25) is 9.59 Å². The molecule has 3 rings (SSSR count). The molecule has 30 heavy (non-hydrogen) atoms. The van der Waals surface area contributed by atoms with Gasteiger partial charge >= 0.3 is 0 Å². The summed E-state index contributed by atoms with van der Waals surface area (Å²) in [7, 11) is 0. The minimum Gasteiger partial charge on any atom is -0.508 e. The number of nitrogens with one attached hydrogen (secondary N) is 1. The number of benzene rings is 3. The van der Waals surface area contributed by atoms with Gasteiger partial charge in [0.25, 0.3) is 5.91 Å². The molecule has 0 radical (unpaired) electrons. The maximum atomic E-state index is 14.6. The first-order chi connectivity index (χ1) is 14.4. The molecule has 154 valence electrons. The summed E-state index contributed by atoms with van der Waals surface area (Å²) in [6.45, 7) is 3.28. The van der Waals surface area contributed by atoms with Crippen molar-refractivity contribution in [1.29, 1.82) is 0 Å². The third-order valence-corrected chi connectivity index (χ3v) is 4.86. The molecule has 0 spiro atoms. The normalized spacial score (nSPS) is 11.6. The Balaban J connectivity index is 2.02. The van der Waals surface area contributed by atoms with Crippen molar-refractivity contribution in [2.75, 3.05) is 5.32 Å². The highest BCUT2D eigenvalue weighted by Gasteiger charge is 2.26. The summed E-state index contributed by atoms with van der Waals surface area (Å²) in [5.41, 5.74) is 1.60. The third kappa shape index (κ3) is 4.84. The molecule has 2 N–H and O–H groups in total. The van der Waals surface area contributed by atoms with E-state index < -0.39 is 11.7 Å². The van der Waals surface area contributed by atoms with E-state index in [-0.39, 0.29) is 29.8 Å². The second kappa shape index (κ2) is 9.22. The molecule has 0 aliphatic heterocycles. The van der Waals surface area contributed by atoms with Crippen molar-refractivity contribution in [3.63, 3.8) is 0 Å². The summed E-state index contributed by atoms with van der Waals surface area (Å²) in [6.07, 6.45) is 0. The number of phenols is 1. The second-order valence-electron chi connectivity index (χ2n) is 7.02. The lowest BCUT2D eigenvalue weighted by atomic mass is 10.0. The van der Waals surface area contributed by atoms with Crippen LogP contribution < -0.4 is 5.32 Å². The van der Waals surface area contributed by atoms with Crippen LogP contribution in [-0.2, 0) is 11.3 Å². The predicted octanol–water partition coefficient (Wildman–Crippen LogP) is 4.89. The summed E-state index contributed by atoms with van der Waals surface area (Å²) in [4.78, 5) is 26.3. The number of carbonyl (C=O) groups is 2. The lowest BCUT2D eigenvalue weighted by Gasteiger charge is -2.30. The van der Waals surface area contributed by atoms with Gasteiger partial charge in [-0.15, -0.1) is 0 Å². The summed E-state index contributed by atoms with van der Waals surface area (Å²) in [5, 5.41) is 12.8. The fourth-order valence-electron chi connectivity index (χ4n) is 3.25. The largest absolute Gasteiger partial charge is 0.508 e. The first-order valence-corrected chi connectivity index (χ1v) is 9.56. The number of rotatable bonds is 6. The van der Waals surface area contributed by atoms with Gasteiger partial charge in [-0.1, -0.05) is 48.5 Å². The Morgan fingerprint density at radius 3 is 2.37 bits per heavy atom. The molecule has 1 atom stereocenters. The monoisotopic (exact) mass is 406 g/mol.